The summed E-state index contributed by atoms with van der Waals surface area (Å²) >= 11 is 0. The van der Waals surface area contributed by atoms with E-state index in [1.165, 1.54) is 12.7 Å². The highest BCUT2D eigenvalue weighted by Gasteiger charge is 2.52. The van der Waals surface area contributed by atoms with Crippen molar-refractivity contribution >= 4 is 23.6 Å². The molecule has 0 saturated carbocycles. The van der Waals surface area contributed by atoms with Crippen molar-refractivity contribution in [2.45, 2.75) is 142 Å². The Bertz CT molecular complexity index is 2580. The number of methoxy groups -OCH3 is 1. The van der Waals surface area contributed by atoms with Crippen LogP contribution in [-0.4, -0.2) is 105 Å². The maximum Gasteiger partial charge on any atom is 0.407 e. The standard InChI is InChI=1S/C56H75N9O6/c1-11-70-49-47(37-21-17-35(18-22-37)41-31-58-51(60-41)43-15-13-29-63(43)53(66)45(57)33(3)4)65(40-27-25-39(26-28-40)56(7,8)9)48(50(49)71-12-2)38-23-19-36(20-24-38)42-32-59-52(61-42)44-16-14-30-64(44)54(67)46(34(5)6)62-55(68)69-10/h17-28,31-34,43-50H,11-16,29-30,57H2,1-10H3,(H,58,60)(H,59,61)(H,62,68)/t43-,44-,45-,46-,47-,48-,49+,50+/m0/s1. The number of aromatic nitrogens is 4. The van der Waals surface area contributed by atoms with Crippen molar-refractivity contribution in [2.24, 2.45) is 17.6 Å². The summed E-state index contributed by atoms with van der Waals surface area (Å²) < 4.78 is 18.4. The number of anilines is 1. The summed E-state index contributed by atoms with van der Waals surface area (Å²) in [5.41, 5.74) is 14.3. The number of alkyl carbamates (subject to hydrolysis) is 1. The highest BCUT2D eigenvalue weighted by Crippen LogP contribution is 2.50. The number of nitrogens with two attached hydrogens (primary N) is 1. The number of H-pyrrole nitrogens is 2. The van der Waals surface area contributed by atoms with E-state index in [9.17, 15) is 14.4 Å². The van der Waals surface area contributed by atoms with Crippen molar-refractivity contribution in [3.8, 4) is 22.5 Å². The van der Waals surface area contributed by atoms with Gasteiger partial charge in [-0.05, 0) is 85.6 Å². The van der Waals surface area contributed by atoms with Crippen LogP contribution >= 0.6 is 0 Å². The number of rotatable bonds is 16. The van der Waals surface area contributed by atoms with E-state index in [0.29, 0.717) is 32.1 Å². The number of aromatic amines is 2. The Morgan fingerprint density at radius 1 is 0.704 bits per heavy atom. The lowest BCUT2D eigenvalue weighted by molar-refractivity contribution is -0.136. The van der Waals surface area contributed by atoms with Crippen molar-refractivity contribution in [1.82, 2.24) is 35.1 Å². The predicted octanol–water partition coefficient (Wildman–Crippen LogP) is 9.57. The van der Waals surface area contributed by atoms with E-state index >= 15 is 0 Å². The van der Waals surface area contributed by atoms with Crippen LogP contribution in [-0.2, 0) is 29.2 Å². The first-order valence-corrected chi connectivity index (χ1v) is 25.7. The highest BCUT2D eigenvalue weighted by molar-refractivity contribution is 5.86. The number of imidazole rings is 2. The van der Waals surface area contributed by atoms with Gasteiger partial charge in [-0.15, -0.1) is 0 Å². The number of carbonyl (C=O) groups excluding carboxylic acids is 3. The summed E-state index contributed by atoms with van der Waals surface area (Å²) in [5.74, 6) is 1.25. The van der Waals surface area contributed by atoms with E-state index in [0.717, 1.165) is 70.8 Å². The Hall–Kier alpha value is -6.03. The summed E-state index contributed by atoms with van der Waals surface area (Å²) in [5, 5.41) is 2.74. The molecular weight excluding hydrogens is 895 g/mol. The molecule has 3 aromatic carbocycles. The minimum atomic E-state index is -0.711. The molecule has 5 heterocycles. The molecule has 2 aromatic heterocycles. The summed E-state index contributed by atoms with van der Waals surface area (Å²) in [6.07, 6.45) is 5.92. The zero-order chi connectivity index (χ0) is 50.7. The lowest BCUT2D eigenvalue weighted by Gasteiger charge is -2.34. The molecule has 71 heavy (non-hydrogen) atoms. The Balaban J connectivity index is 1.10. The summed E-state index contributed by atoms with van der Waals surface area (Å²) in [6.45, 7) is 20.8. The second-order valence-electron chi connectivity index (χ2n) is 21.0. The lowest BCUT2D eigenvalue weighted by Crippen LogP contribution is -2.51. The molecule has 8 rings (SSSR count). The fourth-order valence-corrected chi connectivity index (χ4v) is 10.8. The molecule has 15 nitrogen and oxygen atoms in total. The van der Waals surface area contributed by atoms with Crippen molar-refractivity contribution < 1.29 is 28.6 Å². The molecule has 3 fully saturated rings. The molecule has 380 valence electrons. The Morgan fingerprint density at radius 2 is 1.17 bits per heavy atom. The molecule has 0 spiro atoms. The van der Waals surface area contributed by atoms with Crippen LogP contribution in [0, 0.1) is 11.8 Å². The molecule has 3 aliphatic heterocycles. The molecule has 0 bridgehead atoms. The van der Waals surface area contributed by atoms with Gasteiger partial charge in [0.25, 0.3) is 0 Å². The van der Waals surface area contributed by atoms with E-state index in [4.69, 9.17) is 29.9 Å². The molecule has 3 aliphatic rings. The van der Waals surface area contributed by atoms with Crippen LogP contribution in [0.4, 0.5) is 10.5 Å². The third-order valence-corrected chi connectivity index (χ3v) is 14.7. The van der Waals surface area contributed by atoms with Gasteiger partial charge in [0.15, 0.2) is 0 Å². The fraction of sp³-hybridized carbons (Fsp3) is 0.518. The first kappa shape index (κ1) is 51.3. The number of benzene rings is 3. The van der Waals surface area contributed by atoms with Crippen LogP contribution < -0.4 is 16.0 Å². The molecule has 5 aromatic rings. The van der Waals surface area contributed by atoms with Gasteiger partial charge in [0.05, 0.1) is 48.7 Å². The minimum Gasteiger partial charge on any atom is -0.453 e. The van der Waals surface area contributed by atoms with Crippen molar-refractivity contribution in [1.29, 1.82) is 0 Å². The first-order chi connectivity index (χ1) is 34.0. The van der Waals surface area contributed by atoms with Crippen LogP contribution in [0.25, 0.3) is 22.5 Å². The number of ether oxygens (including phenoxy) is 3. The van der Waals surface area contributed by atoms with E-state index < -0.39 is 18.2 Å². The zero-order valence-electron chi connectivity index (χ0n) is 43.3. The predicted molar refractivity (Wildman–Crippen MR) is 276 cm³/mol. The molecular formula is C56H75N9O6. The minimum absolute atomic E-state index is 0.0234. The largest absolute Gasteiger partial charge is 0.453 e. The van der Waals surface area contributed by atoms with Gasteiger partial charge in [0.1, 0.15) is 29.9 Å². The van der Waals surface area contributed by atoms with Gasteiger partial charge in [-0.25, -0.2) is 14.8 Å². The third kappa shape index (κ3) is 10.6. The van der Waals surface area contributed by atoms with Crippen molar-refractivity contribution in [3.05, 3.63) is 114 Å². The van der Waals surface area contributed by atoms with Gasteiger partial charge in [-0.1, -0.05) is 109 Å². The number of carbonyl (C=O) groups is 3. The number of nitrogens with one attached hydrogen (secondary N) is 3. The number of hydrogen-bond acceptors (Lipinski definition) is 10. The number of nitrogens with zero attached hydrogens (tertiary/aromatic N) is 5. The molecule has 0 radical (unpaired) electrons. The normalized spacial score (nSPS) is 22.4. The van der Waals surface area contributed by atoms with Crippen LogP contribution in [0.3, 0.4) is 0 Å². The van der Waals surface area contributed by atoms with Gasteiger partial charge >= 0.3 is 6.09 Å². The topological polar surface area (TPSA) is 184 Å². The molecule has 15 heteroatoms. The van der Waals surface area contributed by atoms with Gasteiger partial charge in [0.2, 0.25) is 11.8 Å². The van der Waals surface area contributed by atoms with E-state index in [1.807, 2.05) is 63.7 Å². The first-order valence-electron chi connectivity index (χ1n) is 25.7. The van der Waals surface area contributed by atoms with Gasteiger partial charge in [-0.2, -0.15) is 0 Å². The second kappa shape index (κ2) is 21.8. The maximum atomic E-state index is 13.8. The summed E-state index contributed by atoms with van der Waals surface area (Å²) in [6, 6.07) is 24.1. The van der Waals surface area contributed by atoms with Crippen LogP contribution in [0.2, 0.25) is 0 Å². The zero-order valence-corrected chi connectivity index (χ0v) is 43.3. The molecule has 3 amide bonds. The summed E-state index contributed by atoms with van der Waals surface area (Å²) in [7, 11) is 1.30. The highest BCUT2D eigenvalue weighted by atomic mass is 16.5. The molecule has 0 unspecified atom stereocenters. The van der Waals surface area contributed by atoms with E-state index in [1.54, 1.807) is 0 Å². The average molecular weight is 970 g/mol. The van der Waals surface area contributed by atoms with E-state index in [-0.39, 0.29) is 65.4 Å². The maximum absolute atomic E-state index is 13.8. The SMILES string of the molecule is CCO[C@H]1[C@H](OCC)[C@H](c2ccc(-c3c[nH]c([C@@H]4CCCN4C(=O)[C@@H](NC(=O)OC)C(C)C)n3)cc2)N(c2ccc(C(C)(C)C)cc2)[C@H]1c1ccc(-c2c[nH]c([C@@H]3CCCN3C(=O)[C@@H](N)C(C)C)n2)cc1. The second-order valence-corrected chi connectivity index (χ2v) is 21.0. The van der Waals surface area contributed by atoms with Crippen molar-refractivity contribution in [3.63, 3.8) is 0 Å². The molecule has 8 atom stereocenters. The molecule has 3 saturated heterocycles. The fourth-order valence-electron chi connectivity index (χ4n) is 10.8. The quantitative estimate of drug-likeness (QED) is 0.0743. The number of likely N-dealkylation sites (tertiary alicyclic amines) is 2. The number of amides is 3. The Morgan fingerprint density at radius 3 is 1.58 bits per heavy atom. The van der Waals surface area contributed by atoms with Crippen LogP contribution in [0.5, 0.6) is 0 Å². The Labute approximate surface area is 419 Å². The molecule has 5 N–H and O–H groups in total. The van der Waals surface area contributed by atoms with Gasteiger partial charge in [-0.3, -0.25) is 9.59 Å². The third-order valence-electron chi connectivity index (χ3n) is 14.7. The van der Waals surface area contributed by atoms with Crippen molar-refractivity contribution in [2.75, 3.05) is 38.3 Å². The van der Waals surface area contributed by atoms with Crippen LogP contribution in [0.1, 0.15) is 141 Å². The Kier molecular flexibility index (Phi) is 15.7. The smallest absolute Gasteiger partial charge is 0.407 e. The monoisotopic (exact) mass is 970 g/mol. The van der Waals surface area contributed by atoms with E-state index in [2.05, 4.69) is 114 Å². The molecule has 0 aliphatic carbocycles. The van der Waals surface area contributed by atoms with Crippen LogP contribution in [0.15, 0.2) is 85.2 Å². The van der Waals surface area contributed by atoms with Gasteiger partial charge < -0.3 is 49.9 Å². The number of hydrogen-bond donors (Lipinski definition) is 4. The summed E-state index contributed by atoms with van der Waals surface area (Å²) in [4.78, 5) is 62.5. The average Bonchev–Trinajstić information content (AvgIpc) is 4.23. The van der Waals surface area contributed by atoms with Gasteiger partial charge in [0, 0.05) is 55.5 Å². The lowest BCUT2D eigenvalue weighted by atomic mass is 9.87.